The smallest absolute Gasteiger partial charge is 0.243 e. The van der Waals surface area contributed by atoms with Crippen LogP contribution in [0.3, 0.4) is 0 Å². The van der Waals surface area contributed by atoms with Crippen LogP contribution in [0.25, 0.3) is 0 Å². The number of thioether (sulfide) groups is 1. The van der Waals surface area contributed by atoms with E-state index in [2.05, 4.69) is 34.7 Å². The van der Waals surface area contributed by atoms with Gasteiger partial charge >= 0.3 is 0 Å². The molecule has 0 aromatic heterocycles. The maximum Gasteiger partial charge on any atom is 0.243 e. The zero-order valence-electron chi connectivity index (χ0n) is 17.3. The molecule has 8 heteroatoms. The van der Waals surface area contributed by atoms with Crippen LogP contribution in [-0.4, -0.2) is 69.5 Å². The van der Waals surface area contributed by atoms with Crippen molar-refractivity contribution in [3.63, 3.8) is 0 Å². The lowest BCUT2D eigenvalue weighted by Gasteiger charge is -2.14. The Balaban J connectivity index is 0.00000729. The fourth-order valence-corrected chi connectivity index (χ4v) is 2.84. The topological polar surface area (TPSA) is 66.0 Å². The van der Waals surface area contributed by atoms with Crippen LogP contribution in [0.4, 0.5) is 0 Å². The summed E-state index contributed by atoms with van der Waals surface area (Å²) >= 11 is 1.79. The molecule has 0 heterocycles. The minimum atomic E-state index is -0.0161. The van der Waals surface area contributed by atoms with Crippen molar-refractivity contribution in [3.05, 3.63) is 30.3 Å². The van der Waals surface area contributed by atoms with E-state index in [1.54, 1.807) is 30.8 Å². The molecule has 1 rings (SSSR count). The van der Waals surface area contributed by atoms with E-state index in [0.29, 0.717) is 5.96 Å². The first-order chi connectivity index (χ1) is 13.1. The Bertz CT molecular complexity index is 544. The summed E-state index contributed by atoms with van der Waals surface area (Å²) in [6.45, 7) is 5.39. The molecule has 1 amide bonds. The molecule has 1 aromatic carbocycles. The maximum absolute atomic E-state index is 11.8. The van der Waals surface area contributed by atoms with E-state index in [0.717, 1.165) is 51.3 Å². The van der Waals surface area contributed by atoms with Crippen LogP contribution in [0.5, 0.6) is 0 Å². The van der Waals surface area contributed by atoms with E-state index in [4.69, 9.17) is 4.74 Å². The van der Waals surface area contributed by atoms with Gasteiger partial charge < -0.3 is 20.3 Å². The van der Waals surface area contributed by atoms with Crippen molar-refractivity contribution in [1.82, 2.24) is 15.5 Å². The summed E-state index contributed by atoms with van der Waals surface area (Å²) in [5, 5.41) is 6.58. The predicted molar refractivity (Wildman–Crippen MR) is 130 cm³/mol. The molecule has 2 N–H and O–H groups in total. The van der Waals surface area contributed by atoms with Crippen molar-refractivity contribution < 1.29 is 9.53 Å². The number of hydrogen-bond acceptors (Lipinski definition) is 4. The molecule has 0 saturated carbocycles. The van der Waals surface area contributed by atoms with Gasteiger partial charge in [-0.2, -0.15) is 0 Å². The van der Waals surface area contributed by atoms with Crippen LogP contribution in [-0.2, 0) is 9.53 Å². The molecule has 0 unspecified atom stereocenters. The number of rotatable bonds is 13. The number of likely N-dealkylation sites (N-methyl/N-ethyl adjacent to an activating group) is 1. The Morgan fingerprint density at radius 3 is 2.46 bits per heavy atom. The van der Waals surface area contributed by atoms with Gasteiger partial charge in [-0.25, -0.2) is 4.99 Å². The molecule has 0 atom stereocenters. The van der Waals surface area contributed by atoms with Crippen molar-refractivity contribution >= 4 is 47.6 Å². The van der Waals surface area contributed by atoms with Gasteiger partial charge in [-0.15, -0.1) is 35.7 Å². The number of guanidine groups is 1. The number of aliphatic imine (C=N–C) groups is 1. The molecule has 6 nitrogen and oxygen atoms in total. The van der Waals surface area contributed by atoms with Crippen molar-refractivity contribution in [3.8, 4) is 0 Å². The number of hydrogen-bond donors (Lipinski definition) is 2. The fourth-order valence-electron chi connectivity index (χ4n) is 2.05. The number of amides is 1. The Morgan fingerprint density at radius 2 is 1.79 bits per heavy atom. The maximum atomic E-state index is 11.8. The van der Waals surface area contributed by atoms with Gasteiger partial charge in [-0.05, 0) is 25.0 Å². The molecule has 0 fully saturated rings. The van der Waals surface area contributed by atoms with Crippen LogP contribution >= 0.6 is 35.7 Å². The second-order valence-corrected chi connectivity index (χ2v) is 7.46. The number of nitrogens with zero attached hydrogens (tertiary/aromatic N) is 2. The van der Waals surface area contributed by atoms with Gasteiger partial charge in [0.1, 0.15) is 6.54 Å². The van der Waals surface area contributed by atoms with E-state index >= 15 is 0 Å². The molecule has 0 bridgehead atoms. The van der Waals surface area contributed by atoms with Gasteiger partial charge in [0.05, 0.1) is 0 Å². The third kappa shape index (κ3) is 14.1. The lowest BCUT2D eigenvalue weighted by atomic mass is 10.4. The molecule has 28 heavy (non-hydrogen) atoms. The molecule has 0 saturated heterocycles. The van der Waals surface area contributed by atoms with Gasteiger partial charge in [0.2, 0.25) is 5.91 Å². The summed E-state index contributed by atoms with van der Waals surface area (Å²) in [5.41, 5.74) is 0. The Kier molecular flexibility index (Phi) is 17.4. The highest BCUT2D eigenvalue weighted by Crippen LogP contribution is 2.15. The SMILES string of the molecule is CCCCOCCCNC(=NCC(=O)N(C)C)NCCSc1ccccc1.I. The van der Waals surface area contributed by atoms with Gasteiger partial charge in [-0.1, -0.05) is 31.5 Å². The molecule has 0 spiro atoms. The number of halogens is 1. The average Bonchev–Trinajstić information content (AvgIpc) is 2.68. The zero-order chi connectivity index (χ0) is 19.7. The molecule has 1 aromatic rings. The van der Waals surface area contributed by atoms with E-state index < -0.39 is 0 Å². The lowest BCUT2D eigenvalue weighted by molar-refractivity contribution is -0.127. The van der Waals surface area contributed by atoms with E-state index in [1.807, 2.05) is 18.2 Å². The number of benzene rings is 1. The Labute approximate surface area is 191 Å². The van der Waals surface area contributed by atoms with E-state index in [9.17, 15) is 4.79 Å². The molecule has 0 aliphatic carbocycles. The third-order valence-corrected chi connectivity index (χ3v) is 4.69. The van der Waals surface area contributed by atoms with Gasteiger partial charge in [0.15, 0.2) is 5.96 Å². The number of ether oxygens (including phenoxy) is 1. The number of carbonyl (C=O) groups is 1. The second kappa shape index (κ2) is 18.1. The third-order valence-electron chi connectivity index (χ3n) is 3.68. The predicted octanol–water partition coefficient (Wildman–Crippen LogP) is 3.23. The normalized spacial score (nSPS) is 10.9. The van der Waals surface area contributed by atoms with Gasteiger partial charge in [0, 0.05) is 51.0 Å². The van der Waals surface area contributed by atoms with E-state index in [-0.39, 0.29) is 36.4 Å². The Morgan fingerprint density at radius 1 is 1.11 bits per heavy atom. The van der Waals surface area contributed by atoms with Gasteiger partial charge in [0.25, 0.3) is 0 Å². The molecule has 0 aliphatic heterocycles. The summed E-state index contributed by atoms with van der Waals surface area (Å²) in [6, 6.07) is 10.3. The van der Waals surface area contributed by atoms with Crippen LogP contribution in [0.2, 0.25) is 0 Å². The van der Waals surface area contributed by atoms with Crippen molar-refractivity contribution in [1.29, 1.82) is 0 Å². The van der Waals surface area contributed by atoms with Crippen LogP contribution in [0, 0.1) is 0 Å². The van der Waals surface area contributed by atoms with Crippen molar-refractivity contribution in [2.45, 2.75) is 31.1 Å². The number of unbranched alkanes of at least 4 members (excludes halogenated alkanes) is 1. The minimum Gasteiger partial charge on any atom is -0.381 e. The molecule has 0 aliphatic rings. The largest absolute Gasteiger partial charge is 0.381 e. The average molecular weight is 522 g/mol. The van der Waals surface area contributed by atoms with E-state index in [1.165, 1.54) is 4.90 Å². The minimum absolute atomic E-state index is 0. The lowest BCUT2D eigenvalue weighted by Crippen LogP contribution is -2.40. The first-order valence-electron chi connectivity index (χ1n) is 9.61. The molecular formula is C20H35IN4O2S. The zero-order valence-corrected chi connectivity index (χ0v) is 20.4. The summed E-state index contributed by atoms with van der Waals surface area (Å²) < 4.78 is 5.57. The van der Waals surface area contributed by atoms with Crippen LogP contribution < -0.4 is 10.6 Å². The van der Waals surface area contributed by atoms with Gasteiger partial charge in [-0.3, -0.25) is 4.79 Å². The summed E-state index contributed by atoms with van der Waals surface area (Å²) in [7, 11) is 3.48. The van der Waals surface area contributed by atoms with Crippen LogP contribution in [0.15, 0.2) is 40.2 Å². The summed E-state index contributed by atoms with van der Waals surface area (Å²) in [4.78, 5) is 19.0. The first kappa shape index (κ1) is 27.0. The summed E-state index contributed by atoms with van der Waals surface area (Å²) in [6.07, 6.45) is 3.16. The van der Waals surface area contributed by atoms with Crippen molar-refractivity contribution in [2.75, 3.05) is 52.7 Å². The summed E-state index contributed by atoms with van der Waals surface area (Å²) in [5.74, 6) is 1.58. The highest BCUT2D eigenvalue weighted by Gasteiger charge is 2.04. The monoisotopic (exact) mass is 522 g/mol. The highest BCUT2D eigenvalue weighted by molar-refractivity contribution is 14.0. The first-order valence-corrected chi connectivity index (χ1v) is 10.6. The molecule has 0 radical (unpaired) electrons. The highest BCUT2D eigenvalue weighted by atomic mass is 127. The quantitative estimate of drug-likeness (QED) is 0.137. The fraction of sp³-hybridized carbons (Fsp3) is 0.600. The second-order valence-electron chi connectivity index (χ2n) is 6.29. The number of nitrogens with one attached hydrogen (secondary N) is 2. The van der Waals surface area contributed by atoms with Crippen LogP contribution in [0.1, 0.15) is 26.2 Å². The number of carbonyl (C=O) groups excluding carboxylic acids is 1. The molecule has 160 valence electrons. The van der Waals surface area contributed by atoms with Crippen molar-refractivity contribution in [2.24, 2.45) is 4.99 Å². The Hall–Kier alpha value is -1.000. The standard InChI is InChI=1S/C20H34N4O2S.HI/c1-4-5-14-26-15-9-12-21-20(23-17-19(25)24(2)3)22-13-16-27-18-10-7-6-8-11-18;/h6-8,10-11H,4-5,9,12-17H2,1-3H3,(H2,21,22,23);1H. The molecular weight excluding hydrogens is 487 g/mol.